The van der Waals surface area contributed by atoms with E-state index in [0.717, 1.165) is 26.2 Å². The van der Waals surface area contributed by atoms with Crippen LogP contribution in [0.15, 0.2) is 24.3 Å². The molecule has 1 fully saturated rings. The zero-order chi connectivity index (χ0) is 13.8. The predicted octanol–water partition coefficient (Wildman–Crippen LogP) is 1.89. The van der Waals surface area contributed by atoms with Crippen LogP contribution in [-0.4, -0.2) is 56.1 Å². The molecule has 0 saturated carbocycles. The van der Waals surface area contributed by atoms with Gasteiger partial charge in [-0.2, -0.15) is 0 Å². The van der Waals surface area contributed by atoms with E-state index in [0.29, 0.717) is 12.1 Å². The van der Waals surface area contributed by atoms with E-state index in [9.17, 15) is 0 Å². The molecule has 1 aliphatic heterocycles. The summed E-state index contributed by atoms with van der Waals surface area (Å²) in [5, 5.41) is 3.43. The van der Waals surface area contributed by atoms with E-state index in [2.05, 4.69) is 67.3 Å². The van der Waals surface area contributed by atoms with Crippen LogP contribution < -0.4 is 5.32 Å². The van der Waals surface area contributed by atoms with E-state index in [-0.39, 0.29) is 0 Å². The second-order valence-corrected chi connectivity index (χ2v) is 5.79. The minimum Gasteiger partial charge on any atom is -0.314 e. The molecule has 1 N–H and O–H groups in total. The summed E-state index contributed by atoms with van der Waals surface area (Å²) in [5.41, 5.74) is 2.85. The normalized spacial score (nSPS) is 20.5. The van der Waals surface area contributed by atoms with Gasteiger partial charge in [0, 0.05) is 38.3 Å². The Hall–Kier alpha value is -0.900. The molecular weight excluding hydrogens is 234 g/mol. The first kappa shape index (κ1) is 14.5. The van der Waals surface area contributed by atoms with Gasteiger partial charge in [0.05, 0.1) is 0 Å². The molecule has 2 atom stereocenters. The quantitative estimate of drug-likeness (QED) is 0.893. The van der Waals surface area contributed by atoms with Gasteiger partial charge in [0.1, 0.15) is 0 Å². The van der Waals surface area contributed by atoms with Crippen molar-refractivity contribution < 1.29 is 0 Å². The summed E-state index contributed by atoms with van der Waals surface area (Å²) >= 11 is 0. The molecule has 106 valence electrons. The number of piperazine rings is 1. The van der Waals surface area contributed by atoms with E-state index >= 15 is 0 Å². The fourth-order valence-electron chi connectivity index (χ4n) is 3.18. The Bertz CT molecular complexity index is 397. The number of hydrogen-bond donors (Lipinski definition) is 1. The lowest BCUT2D eigenvalue weighted by Gasteiger charge is -2.40. The largest absolute Gasteiger partial charge is 0.314 e. The minimum atomic E-state index is 0.458. The number of hydrogen-bond acceptors (Lipinski definition) is 3. The number of rotatable bonds is 4. The van der Waals surface area contributed by atoms with Crippen molar-refractivity contribution in [3.8, 4) is 0 Å². The molecule has 1 aromatic rings. The van der Waals surface area contributed by atoms with Crippen molar-refractivity contribution in [2.24, 2.45) is 0 Å². The summed E-state index contributed by atoms with van der Waals surface area (Å²) < 4.78 is 0. The van der Waals surface area contributed by atoms with Crippen LogP contribution in [-0.2, 0) is 0 Å². The van der Waals surface area contributed by atoms with Crippen LogP contribution in [0.5, 0.6) is 0 Å². The zero-order valence-corrected chi connectivity index (χ0v) is 12.7. The van der Waals surface area contributed by atoms with Crippen molar-refractivity contribution in [3.63, 3.8) is 0 Å². The summed E-state index contributed by atoms with van der Waals surface area (Å²) in [5.74, 6) is 0. The highest BCUT2D eigenvalue weighted by Gasteiger charge is 2.28. The molecule has 3 heteroatoms. The molecule has 1 aromatic carbocycles. The van der Waals surface area contributed by atoms with E-state index in [1.807, 2.05) is 0 Å². The van der Waals surface area contributed by atoms with Crippen LogP contribution in [0, 0.1) is 6.92 Å². The maximum atomic E-state index is 3.43. The third-order valence-corrected chi connectivity index (χ3v) is 4.25. The second kappa shape index (κ2) is 6.51. The van der Waals surface area contributed by atoms with Gasteiger partial charge in [-0.15, -0.1) is 0 Å². The molecular formula is C16H27N3. The van der Waals surface area contributed by atoms with Crippen molar-refractivity contribution in [1.29, 1.82) is 0 Å². The van der Waals surface area contributed by atoms with Crippen LogP contribution in [0.25, 0.3) is 0 Å². The van der Waals surface area contributed by atoms with E-state index < -0.39 is 0 Å². The van der Waals surface area contributed by atoms with Gasteiger partial charge in [-0.3, -0.25) is 4.90 Å². The Morgan fingerprint density at radius 2 is 1.79 bits per heavy atom. The van der Waals surface area contributed by atoms with Gasteiger partial charge >= 0.3 is 0 Å². The SMILES string of the molecule is Cc1ccccc1C(C(C)N1CCNCC1)N(C)C. The summed E-state index contributed by atoms with van der Waals surface area (Å²) in [4.78, 5) is 4.96. The first-order valence-electron chi connectivity index (χ1n) is 7.28. The minimum absolute atomic E-state index is 0.458. The molecule has 3 nitrogen and oxygen atoms in total. The third-order valence-electron chi connectivity index (χ3n) is 4.25. The zero-order valence-electron chi connectivity index (χ0n) is 12.7. The lowest BCUT2D eigenvalue weighted by Crippen LogP contribution is -2.51. The summed E-state index contributed by atoms with van der Waals surface area (Å²) in [6.45, 7) is 9.10. The van der Waals surface area contributed by atoms with Crippen molar-refractivity contribution in [2.45, 2.75) is 25.9 Å². The topological polar surface area (TPSA) is 18.5 Å². The summed E-state index contributed by atoms with van der Waals surface area (Å²) in [7, 11) is 4.38. The fourth-order valence-corrected chi connectivity index (χ4v) is 3.18. The molecule has 1 aliphatic rings. The smallest absolute Gasteiger partial charge is 0.0498 e. The molecule has 0 radical (unpaired) electrons. The first-order chi connectivity index (χ1) is 9.11. The van der Waals surface area contributed by atoms with Crippen LogP contribution >= 0.6 is 0 Å². The Kier molecular flexibility index (Phi) is 4.97. The highest BCUT2D eigenvalue weighted by atomic mass is 15.3. The molecule has 1 heterocycles. The highest BCUT2D eigenvalue weighted by molar-refractivity contribution is 5.29. The third kappa shape index (κ3) is 3.35. The Balaban J connectivity index is 2.22. The number of aryl methyl sites for hydroxylation is 1. The number of benzene rings is 1. The molecule has 1 saturated heterocycles. The molecule has 19 heavy (non-hydrogen) atoms. The number of likely N-dealkylation sites (N-methyl/N-ethyl adjacent to an activating group) is 1. The first-order valence-corrected chi connectivity index (χ1v) is 7.28. The van der Waals surface area contributed by atoms with Gasteiger partial charge < -0.3 is 10.2 Å². The Morgan fingerprint density at radius 3 is 2.37 bits per heavy atom. The monoisotopic (exact) mass is 261 g/mol. The molecule has 2 rings (SSSR count). The lowest BCUT2D eigenvalue weighted by atomic mass is 9.94. The van der Waals surface area contributed by atoms with Gasteiger partial charge in [0.15, 0.2) is 0 Å². The second-order valence-electron chi connectivity index (χ2n) is 5.79. The molecule has 0 aromatic heterocycles. The van der Waals surface area contributed by atoms with Gasteiger partial charge in [0.2, 0.25) is 0 Å². The van der Waals surface area contributed by atoms with Crippen LogP contribution in [0.4, 0.5) is 0 Å². The van der Waals surface area contributed by atoms with Gasteiger partial charge in [-0.25, -0.2) is 0 Å². The van der Waals surface area contributed by atoms with Crippen molar-refractivity contribution in [3.05, 3.63) is 35.4 Å². The van der Waals surface area contributed by atoms with Gasteiger partial charge in [-0.05, 0) is 39.1 Å². The maximum absolute atomic E-state index is 3.43. The van der Waals surface area contributed by atoms with Gasteiger partial charge in [-0.1, -0.05) is 24.3 Å². The van der Waals surface area contributed by atoms with Crippen LogP contribution in [0.1, 0.15) is 24.1 Å². The summed E-state index contributed by atoms with van der Waals surface area (Å²) in [6.07, 6.45) is 0. The molecule has 0 amide bonds. The fraction of sp³-hybridized carbons (Fsp3) is 0.625. The molecule has 0 aliphatic carbocycles. The van der Waals surface area contributed by atoms with Crippen molar-refractivity contribution >= 4 is 0 Å². The van der Waals surface area contributed by atoms with E-state index in [1.54, 1.807) is 0 Å². The van der Waals surface area contributed by atoms with Crippen molar-refractivity contribution in [1.82, 2.24) is 15.1 Å². The predicted molar refractivity (Wildman–Crippen MR) is 81.5 cm³/mol. The summed E-state index contributed by atoms with van der Waals surface area (Å²) in [6, 6.07) is 9.77. The number of nitrogens with one attached hydrogen (secondary N) is 1. The lowest BCUT2D eigenvalue weighted by molar-refractivity contribution is 0.106. The Labute approximate surface area is 117 Å². The van der Waals surface area contributed by atoms with Crippen LogP contribution in [0.2, 0.25) is 0 Å². The van der Waals surface area contributed by atoms with Crippen molar-refractivity contribution in [2.75, 3.05) is 40.3 Å². The molecule has 2 unspecified atom stereocenters. The average Bonchev–Trinajstić information content (AvgIpc) is 2.42. The van der Waals surface area contributed by atoms with E-state index in [4.69, 9.17) is 0 Å². The molecule has 0 bridgehead atoms. The maximum Gasteiger partial charge on any atom is 0.0498 e. The Morgan fingerprint density at radius 1 is 1.16 bits per heavy atom. The van der Waals surface area contributed by atoms with Gasteiger partial charge in [0.25, 0.3) is 0 Å². The van der Waals surface area contributed by atoms with Crippen LogP contribution in [0.3, 0.4) is 0 Å². The molecule has 0 spiro atoms. The number of nitrogens with zero attached hydrogens (tertiary/aromatic N) is 2. The highest BCUT2D eigenvalue weighted by Crippen LogP contribution is 2.28. The van der Waals surface area contributed by atoms with E-state index in [1.165, 1.54) is 11.1 Å². The average molecular weight is 261 g/mol. The standard InChI is InChI=1S/C16H27N3/c1-13-7-5-6-8-15(13)16(18(3)4)14(2)19-11-9-17-10-12-19/h5-8,14,16-17H,9-12H2,1-4H3.